The predicted molar refractivity (Wildman–Crippen MR) is 72.3 cm³/mol. The van der Waals surface area contributed by atoms with Gasteiger partial charge >= 0.3 is 6.18 Å². The third kappa shape index (κ3) is 4.21. The minimum absolute atomic E-state index is 0.0891. The van der Waals surface area contributed by atoms with E-state index in [0.29, 0.717) is 0 Å². The zero-order valence-electron chi connectivity index (χ0n) is 11.0. The van der Waals surface area contributed by atoms with E-state index in [2.05, 4.69) is 21.2 Å². The van der Waals surface area contributed by atoms with E-state index in [-0.39, 0.29) is 17.0 Å². The van der Waals surface area contributed by atoms with Crippen LogP contribution in [0.4, 0.5) is 13.2 Å². The Kier molecular flexibility index (Phi) is 5.59. The smallest absolute Gasteiger partial charge is 0.394 e. The molecular formula is C13H15BrF3NO2. The maximum Gasteiger partial charge on any atom is 0.417 e. The van der Waals surface area contributed by atoms with E-state index in [0.717, 1.165) is 12.1 Å². The largest absolute Gasteiger partial charge is 0.417 e. The molecule has 2 N–H and O–H groups in total. The molecule has 0 heterocycles. The van der Waals surface area contributed by atoms with Crippen LogP contribution in [0.1, 0.15) is 29.8 Å². The van der Waals surface area contributed by atoms with Crippen LogP contribution in [-0.4, -0.2) is 23.7 Å². The first-order chi connectivity index (χ1) is 9.16. The van der Waals surface area contributed by atoms with Crippen LogP contribution in [0, 0.1) is 5.92 Å². The molecule has 20 heavy (non-hydrogen) atoms. The van der Waals surface area contributed by atoms with Crippen molar-refractivity contribution in [2.45, 2.75) is 26.1 Å². The molecule has 112 valence electrons. The first-order valence-electron chi connectivity index (χ1n) is 5.95. The number of benzene rings is 1. The first kappa shape index (κ1) is 17.0. The molecule has 1 atom stereocenters. The van der Waals surface area contributed by atoms with Crippen molar-refractivity contribution in [3.63, 3.8) is 0 Å². The second-order valence-corrected chi connectivity index (χ2v) is 5.61. The summed E-state index contributed by atoms with van der Waals surface area (Å²) in [6.45, 7) is 3.18. The Bertz CT molecular complexity index is 489. The molecular weight excluding hydrogens is 339 g/mol. The van der Waals surface area contributed by atoms with Gasteiger partial charge in [0.25, 0.3) is 5.91 Å². The summed E-state index contributed by atoms with van der Waals surface area (Å²) >= 11 is 2.95. The molecule has 0 fully saturated rings. The lowest BCUT2D eigenvalue weighted by atomic mass is 10.0. The van der Waals surface area contributed by atoms with Crippen LogP contribution in [0.3, 0.4) is 0 Å². The van der Waals surface area contributed by atoms with E-state index in [1.165, 1.54) is 6.07 Å². The van der Waals surface area contributed by atoms with E-state index in [4.69, 9.17) is 5.11 Å². The third-order valence-electron chi connectivity index (χ3n) is 2.85. The number of alkyl halides is 3. The van der Waals surface area contributed by atoms with Crippen molar-refractivity contribution in [1.82, 2.24) is 5.32 Å². The van der Waals surface area contributed by atoms with Crippen molar-refractivity contribution < 1.29 is 23.1 Å². The van der Waals surface area contributed by atoms with Gasteiger partial charge < -0.3 is 10.4 Å². The molecule has 1 aromatic carbocycles. The molecule has 0 aliphatic heterocycles. The number of carbonyl (C=O) groups is 1. The average molecular weight is 354 g/mol. The SMILES string of the molecule is CC(C)C(CO)NC(=O)c1ccc(Br)cc1C(F)(F)F. The van der Waals surface area contributed by atoms with Gasteiger partial charge in [-0.2, -0.15) is 13.2 Å². The lowest BCUT2D eigenvalue weighted by Crippen LogP contribution is -2.41. The van der Waals surface area contributed by atoms with Gasteiger partial charge in [0.15, 0.2) is 0 Å². The van der Waals surface area contributed by atoms with Gasteiger partial charge in [0.2, 0.25) is 0 Å². The van der Waals surface area contributed by atoms with Gasteiger partial charge in [-0.1, -0.05) is 29.8 Å². The van der Waals surface area contributed by atoms with Gasteiger partial charge in [-0.3, -0.25) is 4.79 Å². The number of rotatable bonds is 4. The number of nitrogens with one attached hydrogen (secondary N) is 1. The van der Waals surface area contributed by atoms with Crippen LogP contribution >= 0.6 is 15.9 Å². The van der Waals surface area contributed by atoms with Gasteiger partial charge in [0.05, 0.1) is 23.8 Å². The molecule has 7 heteroatoms. The quantitative estimate of drug-likeness (QED) is 0.873. The second kappa shape index (κ2) is 6.58. The number of aliphatic hydroxyl groups is 1. The fraction of sp³-hybridized carbons (Fsp3) is 0.462. The maximum atomic E-state index is 12.9. The molecule has 0 aliphatic rings. The fourth-order valence-corrected chi connectivity index (χ4v) is 1.98. The monoisotopic (exact) mass is 353 g/mol. The molecule has 0 radical (unpaired) electrons. The summed E-state index contributed by atoms with van der Waals surface area (Å²) in [5.74, 6) is -0.939. The lowest BCUT2D eigenvalue weighted by Gasteiger charge is -2.21. The van der Waals surface area contributed by atoms with E-state index in [9.17, 15) is 18.0 Å². The number of halogens is 4. The molecule has 1 rings (SSSR count). The van der Waals surface area contributed by atoms with Gasteiger partial charge in [-0.05, 0) is 24.1 Å². The molecule has 3 nitrogen and oxygen atoms in total. The normalized spacial score (nSPS) is 13.4. The van der Waals surface area contributed by atoms with E-state index < -0.39 is 29.3 Å². The molecule has 0 aliphatic carbocycles. The highest BCUT2D eigenvalue weighted by Gasteiger charge is 2.35. The zero-order valence-corrected chi connectivity index (χ0v) is 12.5. The van der Waals surface area contributed by atoms with Crippen molar-refractivity contribution in [2.75, 3.05) is 6.61 Å². The molecule has 0 saturated carbocycles. The molecule has 0 aromatic heterocycles. The summed E-state index contributed by atoms with van der Waals surface area (Å²) in [5, 5.41) is 11.5. The van der Waals surface area contributed by atoms with E-state index in [1.807, 2.05) is 0 Å². The summed E-state index contributed by atoms with van der Waals surface area (Å²) in [6, 6.07) is 2.75. The summed E-state index contributed by atoms with van der Waals surface area (Å²) in [5.41, 5.74) is -1.47. The first-order valence-corrected chi connectivity index (χ1v) is 6.74. The van der Waals surface area contributed by atoms with Crippen LogP contribution in [0.5, 0.6) is 0 Å². The van der Waals surface area contributed by atoms with Crippen molar-refractivity contribution in [3.8, 4) is 0 Å². The number of hydrogen-bond acceptors (Lipinski definition) is 2. The molecule has 0 saturated heterocycles. The van der Waals surface area contributed by atoms with Gasteiger partial charge in [0.1, 0.15) is 0 Å². The van der Waals surface area contributed by atoms with Crippen molar-refractivity contribution in [2.24, 2.45) is 5.92 Å². The summed E-state index contributed by atoms with van der Waals surface area (Å²) in [4.78, 5) is 12.0. The van der Waals surface area contributed by atoms with Crippen molar-refractivity contribution in [3.05, 3.63) is 33.8 Å². The zero-order chi connectivity index (χ0) is 15.5. The van der Waals surface area contributed by atoms with Gasteiger partial charge in [-0.15, -0.1) is 0 Å². The van der Waals surface area contributed by atoms with Gasteiger partial charge in [0, 0.05) is 4.47 Å². The topological polar surface area (TPSA) is 49.3 Å². The Hall–Kier alpha value is -1.08. The fourth-order valence-electron chi connectivity index (χ4n) is 1.62. The summed E-state index contributed by atoms with van der Waals surface area (Å²) in [6.07, 6.45) is -4.62. The Morgan fingerprint density at radius 2 is 2.00 bits per heavy atom. The number of amides is 1. The average Bonchev–Trinajstić information content (AvgIpc) is 2.34. The third-order valence-corrected chi connectivity index (χ3v) is 3.34. The Balaban J connectivity index is 3.10. The van der Waals surface area contributed by atoms with Crippen molar-refractivity contribution >= 4 is 21.8 Å². The number of hydrogen-bond donors (Lipinski definition) is 2. The lowest BCUT2D eigenvalue weighted by molar-refractivity contribution is -0.138. The molecule has 0 bridgehead atoms. The van der Waals surface area contributed by atoms with Crippen LogP contribution in [0.2, 0.25) is 0 Å². The van der Waals surface area contributed by atoms with E-state index in [1.54, 1.807) is 13.8 Å². The predicted octanol–water partition coefficient (Wildman–Crippen LogP) is 3.21. The Labute approximate surface area is 123 Å². The van der Waals surface area contributed by atoms with Crippen LogP contribution in [0.25, 0.3) is 0 Å². The number of aliphatic hydroxyl groups excluding tert-OH is 1. The minimum Gasteiger partial charge on any atom is -0.394 e. The highest BCUT2D eigenvalue weighted by atomic mass is 79.9. The molecule has 0 spiro atoms. The van der Waals surface area contributed by atoms with E-state index >= 15 is 0 Å². The minimum atomic E-state index is -4.62. The highest BCUT2D eigenvalue weighted by Crippen LogP contribution is 2.33. The second-order valence-electron chi connectivity index (χ2n) is 4.69. The molecule has 1 aromatic rings. The van der Waals surface area contributed by atoms with Crippen LogP contribution < -0.4 is 5.32 Å². The van der Waals surface area contributed by atoms with Crippen LogP contribution in [-0.2, 0) is 6.18 Å². The summed E-state index contributed by atoms with van der Waals surface area (Å²) < 4.78 is 39.0. The Morgan fingerprint density at radius 1 is 1.40 bits per heavy atom. The summed E-state index contributed by atoms with van der Waals surface area (Å²) in [7, 11) is 0. The number of carbonyl (C=O) groups excluding carboxylic acids is 1. The maximum absolute atomic E-state index is 12.9. The Morgan fingerprint density at radius 3 is 2.45 bits per heavy atom. The molecule has 1 unspecified atom stereocenters. The molecule has 1 amide bonds. The standard InChI is InChI=1S/C13H15BrF3NO2/c1-7(2)11(6-19)18-12(20)9-4-3-8(14)5-10(9)13(15,16)17/h3-5,7,11,19H,6H2,1-2H3,(H,18,20). The van der Waals surface area contributed by atoms with Gasteiger partial charge in [-0.25, -0.2) is 0 Å². The van der Waals surface area contributed by atoms with Crippen molar-refractivity contribution in [1.29, 1.82) is 0 Å². The van der Waals surface area contributed by atoms with Crippen LogP contribution in [0.15, 0.2) is 22.7 Å². The highest BCUT2D eigenvalue weighted by molar-refractivity contribution is 9.10.